The van der Waals surface area contributed by atoms with E-state index < -0.39 is 0 Å². The summed E-state index contributed by atoms with van der Waals surface area (Å²) < 4.78 is 0.942. The van der Waals surface area contributed by atoms with Crippen LogP contribution in [0.4, 0.5) is 5.82 Å². The largest absolute Gasteiger partial charge is 0.393 e. The number of rotatable bonds is 4. The zero-order chi connectivity index (χ0) is 10.6. The molecule has 0 saturated heterocycles. The quantitative estimate of drug-likeness (QED) is 0.872. The first-order valence-corrected chi connectivity index (χ1v) is 5.44. The Morgan fingerprint density at radius 3 is 2.86 bits per heavy atom. The summed E-state index contributed by atoms with van der Waals surface area (Å²) in [7, 11) is 0. The first-order valence-electron chi connectivity index (χ1n) is 4.64. The molecule has 2 atom stereocenters. The number of pyridine rings is 1. The third-order valence-corrected chi connectivity index (χ3v) is 2.48. The molecule has 4 heteroatoms. The van der Waals surface area contributed by atoms with E-state index in [1.165, 1.54) is 0 Å². The molecular formula is C10H15BrN2O. The van der Waals surface area contributed by atoms with Crippen LogP contribution in [0.25, 0.3) is 0 Å². The molecule has 0 aliphatic carbocycles. The second-order valence-corrected chi connectivity index (χ2v) is 4.32. The third kappa shape index (κ3) is 3.64. The maximum atomic E-state index is 9.20. The Balaban J connectivity index is 2.56. The van der Waals surface area contributed by atoms with Gasteiger partial charge in [0, 0.05) is 12.2 Å². The molecule has 0 aromatic carbocycles. The molecule has 0 aliphatic rings. The summed E-state index contributed by atoms with van der Waals surface area (Å²) in [5, 5.41) is 12.4. The Bertz CT molecular complexity index is 291. The van der Waals surface area contributed by atoms with E-state index in [1.807, 2.05) is 19.1 Å². The fourth-order valence-corrected chi connectivity index (χ4v) is 1.67. The standard InChI is InChI=1S/C10H15BrN2O/c1-7(6-8(2)14)13-10-9(11)4-3-5-12-10/h3-5,7-8,14H,6H2,1-2H3,(H,12,13). The number of nitrogens with zero attached hydrogens (tertiary/aromatic N) is 1. The van der Waals surface area contributed by atoms with Gasteiger partial charge in [-0.2, -0.15) is 0 Å². The van der Waals surface area contributed by atoms with Crippen LogP contribution in [0.3, 0.4) is 0 Å². The molecule has 0 aliphatic heterocycles. The van der Waals surface area contributed by atoms with E-state index in [0.29, 0.717) is 6.42 Å². The molecule has 1 aromatic heterocycles. The van der Waals surface area contributed by atoms with Crippen molar-refractivity contribution >= 4 is 21.7 Å². The van der Waals surface area contributed by atoms with Crippen LogP contribution < -0.4 is 5.32 Å². The van der Waals surface area contributed by atoms with E-state index in [0.717, 1.165) is 10.3 Å². The van der Waals surface area contributed by atoms with Gasteiger partial charge in [-0.05, 0) is 48.3 Å². The van der Waals surface area contributed by atoms with Crippen molar-refractivity contribution in [3.8, 4) is 0 Å². The van der Waals surface area contributed by atoms with Crippen molar-refractivity contribution in [3.63, 3.8) is 0 Å². The van der Waals surface area contributed by atoms with Gasteiger partial charge < -0.3 is 10.4 Å². The highest BCUT2D eigenvalue weighted by Crippen LogP contribution is 2.19. The Morgan fingerprint density at radius 2 is 2.29 bits per heavy atom. The molecule has 0 fully saturated rings. The van der Waals surface area contributed by atoms with Gasteiger partial charge in [-0.1, -0.05) is 0 Å². The Labute approximate surface area is 92.7 Å². The molecule has 1 heterocycles. The number of halogens is 1. The molecule has 3 nitrogen and oxygen atoms in total. The van der Waals surface area contributed by atoms with E-state index in [4.69, 9.17) is 0 Å². The van der Waals surface area contributed by atoms with Gasteiger partial charge in [0.25, 0.3) is 0 Å². The topological polar surface area (TPSA) is 45.1 Å². The summed E-state index contributed by atoms with van der Waals surface area (Å²) in [4.78, 5) is 4.19. The van der Waals surface area contributed by atoms with Gasteiger partial charge in [-0.25, -0.2) is 4.98 Å². The Hall–Kier alpha value is -0.610. The molecule has 2 unspecified atom stereocenters. The summed E-state index contributed by atoms with van der Waals surface area (Å²) in [6.45, 7) is 3.81. The minimum absolute atomic E-state index is 0.209. The van der Waals surface area contributed by atoms with Gasteiger partial charge in [0.1, 0.15) is 5.82 Å². The van der Waals surface area contributed by atoms with Crippen LogP contribution in [0.5, 0.6) is 0 Å². The van der Waals surface area contributed by atoms with Crippen molar-refractivity contribution in [2.45, 2.75) is 32.4 Å². The molecule has 0 bridgehead atoms. The lowest BCUT2D eigenvalue weighted by Gasteiger charge is -2.16. The lowest BCUT2D eigenvalue weighted by atomic mass is 10.1. The predicted octanol–water partition coefficient (Wildman–Crippen LogP) is 2.42. The van der Waals surface area contributed by atoms with Gasteiger partial charge >= 0.3 is 0 Å². The molecule has 78 valence electrons. The summed E-state index contributed by atoms with van der Waals surface area (Å²) in [6.07, 6.45) is 2.16. The van der Waals surface area contributed by atoms with Crippen LogP contribution in [0.1, 0.15) is 20.3 Å². The molecule has 2 N–H and O–H groups in total. The minimum Gasteiger partial charge on any atom is -0.393 e. The second-order valence-electron chi connectivity index (χ2n) is 3.46. The van der Waals surface area contributed by atoms with Gasteiger partial charge in [-0.3, -0.25) is 0 Å². The summed E-state index contributed by atoms with van der Waals surface area (Å²) >= 11 is 3.40. The average molecular weight is 259 g/mol. The maximum absolute atomic E-state index is 9.20. The highest BCUT2D eigenvalue weighted by atomic mass is 79.9. The number of hydrogen-bond donors (Lipinski definition) is 2. The van der Waals surface area contributed by atoms with Gasteiger partial charge in [-0.15, -0.1) is 0 Å². The van der Waals surface area contributed by atoms with Crippen molar-refractivity contribution < 1.29 is 5.11 Å². The van der Waals surface area contributed by atoms with E-state index in [-0.39, 0.29) is 12.1 Å². The fourth-order valence-electron chi connectivity index (χ4n) is 1.30. The predicted molar refractivity (Wildman–Crippen MR) is 61.3 cm³/mol. The van der Waals surface area contributed by atoms with E-state index in [9.17, 15) is 5.11 Å². The smallest absolute Gasteiger partial charge is 0.140 e. The average Bonchev–Trinajstić information content (AvgIpc) is 2.07. The monoisotopic (exact) mass is 258 g/mol. The summed E-state index contributed by atoms with van der Waals surface area (Å²) in [5.74, 6) is 0.820. The van der Waals surface area contributed by atoms with Crippen molar-refractivity contribution in [1.29, 1.82) is 0 Å². The number of aromatic nitrogens is 1. The van der Waals surface area contributed by atoms with Crippen molar-refractivity contribution in [2.75, 3.05) is 5.32 Å². The first kappa shape index (κ1) is 11.5. The first-order chi connectivity index (χ1) is 6.59. The van der Waals surface area contributed by atoms with Crippen molar-refractivity contribution in [1.82, 2.24) is 4.98 Å². The highest BCUT2D eigenvalue weighted by molar-refractivity contribution is 9.10. The highest BCUT2D eigenvalue weighted by Gasteiger charge is 2.07. The SMILES string of the molecule is CC(O)CC(C)Nc1ncccc1Br. The lowest BCUT2D eigenvalue weighted by molar-refractivity contribution is 0.179. The van der Waals surface area contributed by atoms with E-state index >= 15 is 0 Å². The number of aliphatic hydroxyl groups excluding tert-OH is 1. The molecule has 0 radical (unpaired) electrons. The van der Waals surface area contributed by atoms with Crippen LogP contribution in [0, 0.1) is 0 Å². The number of anilines is 1. The molecule has 1 aromatic rings. The zero-order valence-corrected chi connectivity index (χ0v) is 9.95. The van der Waals surface area contributed by atoms with Crippen LogP contribution in [0.2, 0.25) is 0 Å². The van der Waals surface area contributed by atoms with Gasteiger partial charge in [0.2, 0.25) is 0 Å². The van der Waals surface area contributed by atoms with Crippen LogP contribution in [-0.2, 0) is 0 Å². The van der Waals surface area contributed by atoms with Crippen LogP contribution in [-0.4, -0.2) is 22.2 Å². The maximum Gasteiger partial charge on any atom is 0.140 e. The normalized spacial score (nSPS) is 14.9. The van der Waals surface area contributed by atoms with Crippen LogP contribution >= 0.6 is 15.9 Å². The second kappa shape index (κ2) is 5.32. The van der Waals surface area contributed by atoms with Crippen LogP contribution in [0.15, 0.2) is 22.8 Å². The Kier molecular flexibility index (Phi) is 4.35. The van der Waals surface area contributed by atoms with E-state index in [1.54, 1.807) is 13.1 Å². The molecule has 0 spiro atoms. The van der Waals surface area contributed by atoms with Gasteiger partial charge in [0.15, 0.2) is 0 Å². The molecule has 0 saturated carbocycles. The molecular weight excluding hydrogens is 244 g/mol. The minimum atomic E-state index is -0.292. The molecule has 14 heavy (non-hydrogen) atoms. The number of hydrogen-bond acceptors (Lipinski definition) is 3. The number of aliphatic hydroxyl groups is 1. The fraction of sp³-hybridized carbons (Fsp3) is 0.500. The van der Waals surface area contributed by atoms with E-state index in [2.05, 4.69) is 26.2 Å². The number of nitrogens with one attached hydrogen (secondary N) is 1. The van der Waals surface area contributed by atoms with Crippen molar-refractivity contribution in [2.24, 2.45) is 0 Å². The van der Waals surface area contributed by atoms with Crippen molar-refractivity contribution in [3.05, 3.63) is 22.8 Å². The zero-order valence-electron chi connectivity index (χ0n) is 8.37. The lowest BCUT2D eigenvalue weighted by Crippen LogP contribution is -2.21. The summed E-state index contributed by atoms with van der Waals surface area (Å²) in [6, 6.07) is 4.01. The molecule has 0 amide bonds. The third-order valence-electron chi connectivity index (χ3n) is 1.84. The van der Waals surface area contributed by atoms with Gasteiger partial charge in [0.05, 0.1) is 10.6 Å². The molecule has 1 rings (SSSR count). The Morgan fingerprint density at radius 1 is 1.57 bits per heavy atom. The summed E-state index contributed by atoms with van der Waals surface area (Å²) in [5.41, 5.74) is 0.